The van der Waals surface area contributed by atoms with Crippen LogP contribution in [-0.2, 0) is 12.0 Å². The van der Waals surface area contributed by atoms with E-state index < -0.39 is 5.54 Å². The van der Waals surface area contributed by atoms with Gasteiger partial charge in [0.2, 0.25) is 0 Å². The van der Waals surface area contributed by atoms with Crippen LogP contribution < -0.4 is 0 Å². The van der Waals surface area contributed by atoms with Crippen molar-refractivity contribution in [1.29, 1.82) is 0 Å². The molecule has 15 aromatic carbocycles. The summed E-state index contributed by atoms with van der Waals surface area (Å²) < 4.78 is 9.92. The van der Waals surface area contributed by atoms with Gasteiger partial charge in [-0.15, -0.1) is 0 Å². The molecule has 6 aromatic heterocycles. The van der Waals surface area contributed by atoms with Gasteiger partial charge in [-0.05, 0) is 185 Å². The minimum atomic E-state index is -0.466. The molecule has 0 saturated carbocycles. The Morgan fingerprint density at radius 1 is 0.275 bits per heavy atom. The monoisotopic (exact) mass is 1540 g/mol. The predicted molar refractivity (Wildman–Crippen MR) is 494 cm³/mol. The van der Waals surface area contributed by atoms with Crippen LogP contribution in [0, 0.1) is 5.92 Å². The molecule has 0 amide bonds. The summed E-state index contributed by atoms with van der Waals surface area (Å²) in [4.78, 5) is 31.5. The molecule has 0 aliphatic heterocycles. The molecule has 6 heterocycles. The molecule has 566 valence electrons. The van der Waals surface area contributed by atoms with E-state index in [1.54, 1.807) is 0 Å². The number of hydrogen-bond donors (Lipinski definition) is 0. The number of para-hydroxylation sites is 5. The third-order valence-electron chi connectivity index (χ3n) is 24.6. The molecule has 10 nitrogen and oxygen atoms in total. The van der Waals surface area contributed by atoms with Crippen LogP contribution in [-0.4, -0.2) is 48.2 Å². The lowest BCUT2D eigenvalue weighted by atomic mass is 9.81. The van der Waals surface area contributed by atoms with Gasteiger partial charge in [0.25, 0.3) is 0 Å². The van der Waals surface area contributed by atoms with Crippen LogP contribution in [0.3, 0.4) is 0 Å². The van der Waals surface area contributed by atoms with Gasteiger partial charge in [0.05, 0.1) is 38.6 Å². The molecule has 2 unspecified atom stereocenters. The van der Waals surface area contributed by atoms with E-state index in [1.165, 1.54) is 76.5 Å². The maximum Gasteiger partial charge on any atom is 0.164 e. The predicted octanol–water partition coefficient (Wildman–Crippen LogP) is 27.3. The summed E-state index contributed by atoms with van der Waals surface area (Å²) in [7, 11) is 0. The molecular weight excluding hydrogens is 1460 g/mol. The molecule has 10 heteroatoms. The fourth-order valence-corrected chi connectivity index (χ4v) is 18.8. The first kappa shape index (κ1) is 69.9. The fraction of sp³-hybridized carbons (Fsp3) is 0.0545. The first-order valence-electron chi connectivity index (χ1n) is 41.2. The maximum atomic E-state index is 5.32. The SMILES string of the molecule is CC1C=Cc2c(c3cc(-n4c5ccccc5c5ccccc54)ccc3n2C2(C)C=CC(c3cc(-c4cccc(-c5nc(-c6ccccc6)nc(-c6ccccc6)n5)c4)c(-c4ccc(-n5c6ccccc6c6cc(-n7c8ccccc8c8ccccc87)ccc65)cc4)cc3-c3cccc(-c4nc(-c5ccccc5)nc(-c5ccccc5)n4)c3)=CC2)C1. The second-order valence-corrected chi connectivity index (χ2v) is 32.0. The van der Waals surface area contributed by atoms with Gasteiger partial charge in [-0.2, -0.15) is 0 Å². The molecule has 0 N–H and O–H groups in total. The highest BCUT2D eigenvalue weighted by Gasteiger charge is 2.34. The molecular formula is C110H76N10. The average Bonchev–Trinajstić information content (AvgIpc) is 1.57. The lowest BCUT2D eigenvalue weighted by molar-refractivity contribution is 0.422. The molecule has 0 saturated heterocycles. The smallest absolute Gasteiger partial charge is 0.164 e. The highest BCUT2D eigenvalue weighted by atomic mass is 15.1. The van der Waals surface area contributed by atoms with Gasteiger partial charge in [-0.25, -0.2) is 29.9 Å². The van der Waals surface area contributed by atoms with Crippen LogP contribution in [0.4, 0.5) is 0 Å². The zero-order valence-electron chi connectivity index (χ0n) is 66.0. The third-order valence-corrected chi connectivity index (χ3v) is 24.6. The Labute approximate surface area is 693 Å². The van der Waals surface area contributed by atoms with Crippen LogP contribution in [0.2, 0.25) is 0 Å². The number of nitrogens with zero attached hydrogens (tertiary/aromatic N) is 10. The molecule has 0 radical (unpaired) electrons. The van der Waals surface area contributed by atoms with Crippen molar-refractivity contribution in [3.63, 3.8) is 0 Å². The lowest BCUT2D eigenvalue weighted by Crippen LogP contribution is -2.30. The third kappa shape index (κ3) is 11.8. The van der Waals surface area contributed by atoms with Crippen molar-refractivity contribution in [2.24, 2.45) is 5.92 Å². The van der Waals surface area contributed by atoms with E-state index in [4.69, 9.17) is 29.9 Å². The van der Waals surface area contributed by atoms with E-state index in [2.05, 4.69) is 354 Å². The molecule has 0 spiro atoms. The van der Waals surface area contributed by atoms with Gasteiger partial charge >= 0.3 is 0 Å². The van der Waals surface area contributed by atoms with E-state index in [0.29, 0.717) is 47.3 Å². The number of aromatic nitrogens is 10. The Morgan fingerprint density at radius 3 is 1.06 bits per heavy atom. The Morgan fingerprint density at radius 2 is 0.617 bits per heavy atom. The second-order valence-electron chi connectivity index (χ2n) is 32.0. The van der Waals surface area contributed by atoms with Crippen LogP contribution in [0.1, 0.15) is 37.1 Å². The normalized spacial score (nSPS) is 14.6. The Hall–Kier alpha value is -15.5. The first-order valence-corrected chi connectivity index (χ1v) is 41.2. The van der Waals surface area contributed by atoms with Gasteiger partial charge in [0, 0.05) is 99.4 Å². The van der Waals surface area contributed by atoms with E-state index in [9.17, 15) is 0 Å². The van der Waals surface area contributed by atoms with Gasteiger partial charge < -0.3 is 18.3 Å². The number of allylic oxidation sites excluding steroid dienone is 5. The van der Waals surface area contributed by atoms with Crippen molar-refractivity contribution in [2.75, 3.05) is 0 Å². The van der Waals surface area contributed by atoms with Crippen molar-refractivity contribution in [3.05, 3.63) is 405 Å². The van der Waals surface area contributed by atoms with Gasteiger partial charge in [0.1, 0.15) is 0 Å². The van der Waals surface area contributed by atoms with E-state index in [-0.39, 0.29) is 0 Å². The standard InChI is InChI=1S/C110H76N10/c1-70-49-56-102-93(63-70)95-67-83(119-98-46-22-17-41-86(98)87-42-18-23-47-99(87)119)55-58-103(95)120(102)110(2)61-59-72(60-62-110)90-69-91(77-35-25-37-79(64-77)108-113-104(73-27-7-3-8-28-73)111-105(114-108)74-29-9-4-10-30-74)89(68-92(90)78-36-26-38-80(65-78)109-115-106(75-31-11-5-12-32-75)112-107(116-109)76-33-13-6-14-34-76)71-50-52-81(53-51-71)117-100-48-24-19-43-88(100)94-66-82(54-57-101(94)117)118-96-44-20-15-39-84(96)85-40-16-21-45-97(85)118/h3-61,64-70H,62-63H2,1-2H3. The summed E-state index contributed by atoms with van der Waals surface area (Å²) in [5.74, 6) is 3.93. The van der Waals surface area contributed by atoms with E-state index in [0.717, 1.165) is 112 Å². The van der Waals surface area contributed by atoms with Crippen LogP contribution in [0.5, 0.6) is 0 Å². The minimum Gasteiger partial charge on any atom is -0.331 e. The highest BCUT2D eigenvalue weighted by Crippen LogP contribution is 2.49. The summed E-state index contributed by atoms with van der Waals surface area (Å²) in [6, 6.07) is 131. The Bertz CT molecular complexity index is 7570. The quantitative estimate of drug-likeness (QED) is 0.108. The summed E-state index contributed by atoms with van der Waals surface area (Å²) in [5, 5.41) is 8.63. The molecule has 23 rings (SSSR count). The number of hydrogen-bond acceptors (Lipinski definition) is 6. The largest absolute Gasteiger partial charge is 0.331 e. The van der Waals surface area contributed by atoms with Gasteiger partial charge in [-0.1, -0.05) is 292 Å². The van der Waals surface area contributed by atoms with Crippen molar-refractivity contribution < 1.29 is 0 Å². The molecule has 0 fully saturated rings. The molecule has 0 bridgehead atoms. The highest BCUT2D eigenvalue weighted by molar-refractivity contribution is 6.13. The number of fused-ring (bicyclic) bond motifs is 12. The van der Waals surface area contributed by atoms with Crippen molar-refractivity contribution in [2.45, 2.75) is 32.2 Å². The molecule has 21 aromatic rings. The van der Waals surface area contributed by atoms with E-state index in [1.807, 2.05) is 72.8 Å². The lowest BCUT2D eigenvalue weighted by Gasteiger charge is -2.34. The molecule has 2 atom stereocenters. The van der Waals surface area contributed by atoms with Crippen molar-refractivity contribution in [3.8, 4) is 119 Å². The average molecular weight is 1540 g/mol. The number of rotatable bonds is 14. The minimum absolute atomic E-state index is 0.383. The number of benzene rings is 15. The topological polar surface area (TPSA) is 97.1 Å². The summed E-state index contributed by atoms with van der Waals surface area (Å²) in [5.41, 5.74) is 27.5. The van der Waals surface area contributed by atoms with Gasteiger partial charge in [-0.3, -0.25) is 0 Å². The Balaban J connectivity index is 0.719. The molecule has 2 aliphatic rings. The fourth-order valence-electron chi connectivity index (χ4n) is 18.8. The van der Waals surface area contributed by atoms with Crippen molar-refractivity contribution in [1.82, 2.24) is 48.2 Å². The molecule has 120 heavy (non-hydrogen) atoms. The summed E-state index contributed by atoms with van der Waals surface area (Å²) in [6.45, 7) is 4.76. The maximum absolute atomic E-state index is 5.32. The van der Waals surface area contributed by atoms with Crippen LogP contribution in [0.25, 0.3) is 207 Å². The molecule has 2 aliphatic carbocycles. The zero-order valence-corrected chi connectivity index (χ0v) is 66.0. The summed E-state index contributed by atoms with van der Waals surface area (Å²) >= 11 is 0. The Kier molecular flexibility index (Phi) is 16.6. The second kappa shape index (κ2) is 28.4. The first-order chi connectivity index (χ1) is 59.2. The zero-order chi connectivity index (χ0) is 79.5. The van der Waals surface area contributed by atoms with Crippen molar-refractivity contribution >= 4 is 88.0 Å². The summed E-state index contributed by atoms with van der Waals surface area (Å²) in [6.07, 6.45) is 13.8. The van der Waals surface area contributed by atoms with E-state index >= 15 is 0 Å². The van der Waals surface area contributed by atoms with Gasteiger partial charge in [0.15, 0.2) is 34.9 Å². The van der Waals surface area contributed by atoms with Crippen LogP contribution in [0.15, 0.2) is 388 Å². The van der Waals surface area contributed by atoms with Crippen LogP contribution >= 0.6 is 0 Å².